The Morgan fingerprint density at radius 3 is 2.62 bits per heavy atom. The van der Waals surface area contributed by atoms with E-state index in [1.54, 1.807) is 14.0 Å². The Bertz CT molecular complexity index is 344. The maximum Gasteiger partial charge on any atom is 0.255 e. The molecule has 0 spiro atoms. The van der Waals surface area contributed by atoms with Gasteiger partial charge in [0.15, 0.2) is 0 Å². The lowest BCUT2D eigenvalue weighted by Crippen LogP contribution is -2.36. The van der Waals surface area contributed by atoms with Crippen LogP contribution in [0.3, 0.4) is 0 Å². The van der Waals surface area contributed by atoms with Gasteiger partial charge in [-0.2, -0.15) is 4.98 Å². The number of aromatic nitrogens is 2. The molecule has 1 saturated heterocycles. The van der Waals surface area contributed by atoms with Crippen LogP contribution < -0.4 is 0 Å². The van der Waals surface area contributed by atoms with E-state index in [1.165, 1.54) is 0 Å². The van der Waals surface area contributed by atoms with E-state index in [1.807, 2.05) is 0 Å². The van der Waals surface area contributed by atoms with E-state index >= 15 is 0 Å². The summed E-state index contributed by atoms with van der Waals surface area (Å²) in [5.74, 6) is 0.715. The number of nitrogens with zero attached hydrogens (tertiary/aromatic N) is 2. The molecule has 1 aromatic rings. The van der Waals surface area contributed by atoms with Gasteiger partial charge in [-0.15, -0.1) is 0 Å². The molecular weight excluding hydrogens is 212 g/mol. The predicted molar refractivity (Wildman–Crippen MR) is 53.7 cm³/mol. The molecule has 2 rings (SSSR count). The van der Waals surface area contributed by atoms with Crippen molar-refractivity contribution in [2.75, 3.05) is 20.3 Å². The summed E-state index contributed by atoms with van der Waals surface area (Å²) in [6, 6.07) is 0. The van der Waals surface area contributed by atoms with Crippen molar-refractivity contribution in [3.63, 3.8) is 0 Å². The molecule has 0 amide bonds. The first kappa shape index (κ1) is 11.5. The molecule has 1 aliphatic heterocycles. The maximum absolute atomic E-state index is 9.33. The van der Waals surface area contributed by atoms with E-state index in [4.69, 9.17) is 14.0 Å². The molecule has 0 aromatic carbocycles. The van der Waals surface area contributed by atoms with Crippen LogP contribution in [0.15, 0.2) is 4.52 Å². The summed E-state index contributed by atoms with van der Waals surface area (Å²) in [7, 11) is 1.63. The van der Waals surface area contributed by atoms with Crippen molar-refractivity contribution in [3.05, 3.63) is 11.7 Å². The van der Waals surface area contributed by atoms with Crippen LogP contribution in [0.1, 0.15) is 37.6 Å². The second kappa shape index (κ2) is 4.48. The highest BCUT2D eigenvalue weighted by molar-refractivity contribution is 5.03. The first-order valence-corrected chi connectivity index (χ1v) is 5.33. The maximum atomic E-state index is 9.33. The van der Waals surface area contributed by atoms with E-state index in [2.05, 4.69) is 10.1 Å². The summed E-state index contributed by atoms with van der Waals surface area (Å²) in [6.07, 6.45) is 0.639. The topological polar surface area (TPSA) is 77.6 Å². The van der Waals surface area contributed by atoms with Crippen molar-refractivity contribution in [1.82, 2.24) is 10.1 Å². The first-order valence-electron chi connectivity index (χ1n) is 5.33. The van der Waals surface area contributed by atoms with Crippen molar-refractivity contribution in [2.45, 2.75) is 31.5 Å². The molecule has 16 heavy (non-hydrogen) atoms. The van der Waals surface area contributed by atoms with Gasteiger partial charge in [-0.1, -0.05) is 5.16 Å². The fourth-order valence-electron chi connectivity index (χ4n) is 1.81. The number of ether oxygens (including phenoxy) is 2. The molecular formula is C10H16N2O4. The molecule has 1 aromatic heterocycles. The van der Waals surface area contributed by atoms with Crippen LogP contribution >= 0.6 is 0 Å². The fraction of sp³-hybridized carbons (Fsp3) is 0.800. The second-order valence-electron chi connectivity index (χ2n) is 3.94. The summed E-state index contributed by atoms with van der Waals surface area (Å²) in [5.41, 5.74) is -0.533. The van der Waals surface area contributed by atoms with E-state index in [0.717, 1.165) is 0 Å². The van der Waals surface area contributed by atoms with Crippen LogP contribution in [-0.4, -0.2) is 35.6 Å². The Morgan fingerprint density at radius 2 is 2.12 bits per heavy atom. The quantitative estimate of drug-likeness (QED) is 0.823. The molecule has 1 aliphatic rings. The zero-order chi connectivity index (χ0) is 11.6. The zero-order valence-corrected chi connectivity index (χ0v) is 9.47. The highest BCUT2D eigenvalue weighted by Gasteiger charge is 2.39. The van der Waals surface area contributed by atoms with Crippen molar-refractivity contribution >= 4 is 0 Å². The molecule has 0 saturated carbocycles. The van der Waals surface area contributed by atoms with Gasteiger partial charge in [0, 0.05) is 33.2 Å². The number of rotatable bonds is 3. The van der Waals surface area contributed by atoms with Crippen LogP contribution in [0.5, 0.6) is 0 Å². The Balaban J connectivity index is 2.25. The average molecular weight is 228 g/mol. The van der Waals surface area contributed by atoms with E-state index < -0.39 is 11.7 Å². The number of hydrogen-bond donors (Lipinski definition) is 1. The summed E-state index contributed by atoms with van der Waals surface area (Å²) >= 11 is 0. The van der Waals surface area contributed by atoms with Crippen molar-refractivity contribution in [3.8, 4) is 0 Å². The van der Waals surface area contributed by atoms with Crippen molar-refractivity contribution in [1.29, 1.82) is 0 Å². The van der Waals surface area contributed by atoms with Gasteiger partial charge in [0.05, 0.1) is 0 Å². The molecule has 1 unspecified atom stereocenters. The summed E-state index contributed by atoms with van der Waals surface area (Å²) < 4.78 is 15.8. The van der Waals surface area contributed by atoms with Gasteiger partial charge in [-0.3, -0.25) is 0 Å². The number of aliphatic hydroxyl groups is 1. The molecule has 0 radical (unpaired) electrons. The van der Waals surface area contributed by atoms with Gasteiger partial charge in [0.25, 0.3) is 5.89 Å². The van der Waals surface area contributed by atoms with Gasteiger partial charge >= 0.3 is 0 Å². The number of aliphatic hydroxyl groups excluding tert-OH is 1. The van der Waals surface area contributed by atoms with Crippen molar-refractivity contribution < 1.29 is 19.1 Å². The Morgan fingerprint density at radius 1 is 1.44 bits per heavy atom. The Hall–Kier alpha value is -0.980. The average Bonchev–Trinajstić information content (AvgIpc) is 2.80. The molecule has 90 valence electrons. The molecule has 1 atom stereocenters. The normalized spacial score (nSPS) is 21.9. The van der Waals surface area contributed by atoms with Gasteiger partial charge in [0.2, 0.25) is 5.82 Å². The monoisotopic (exact) mass is 228 g/mol. The van der Waals surface area contributed by atoms with Crippen molar-refractivity contribution in [2.24, 2.45) is 0 Å². The van der Waals surface area contributed by atoms with E-state index in [9.17, 15) is 5.11 Å². The molecule has 0 bridgehead atoms. The SMILES string of the molecule is COC1(c2noc(C(C)O)n2)CCOCC1. The van der Waals surface area contributed by atoms with E-state index in [0.29, 0.717) is 31.9 Å². The number of hydrogen-bond acceptors (Lipinski definition) is 6. The third-order valence-corrected chi connectivity index (χ3v) is 2.90. The van der Waals surface area contributed by atoms with Crippen LogP contribution in [0.4, 0.5) is 0 Å². The van der Waals surface area contributed by atoms with Gasteiger partial charge in [-0.05, 0) is 6.92 Å². The third kappa shape index (κ3) is 1.95. The smallest absolute Gasteiger partial charge is 0.255 e. The van der Waals surface area contributed by atoms with Crippen LogP contribution in [-0.2, 0) is 15.1 Å². The lowest BCUT2D eigenvalue weighted by molar-refractivity contribution is -0.101. The third-order valence-electron chi connectivity index (χ3n) is 2.90. The minimum absolute atomic E-state index is 0.220. The highest BCUT2D eigenvalue weighted by atomic mass is 16.5. The molecule has 1 fully saturated rings. The van der Waals surface area contributed by atoms with Crippen LogP contribution in [0.2, 0.25) is 0 Å². The molecule has 6 heteroatoms. The molecule has 6 nitrogen and oxygen atoms in total. The second-order valence-corrected chi connectivity index (χ2v) is 3.94. The minimum Gasteiger partial charge on any atom is -0.384 e. The minimum atomic E-state index is -0.755. The lowest BCUT2D eigenvalue weighted by atomic mass is 9.93. The van der Waals surface area contributed by atoms with E-state index in [-0.39, 0.29) is 5.89 Å². The van der Waals surface area contributed by atoms with Gasteiger partial charge < -0.3 is 19.1 Å². The lowest BCUT2D eigenvalue weighted by Gasteiger charge is -2.32. The summed E-state index contributed by atoms with van der Waals surface area (Å²) in [4.78, 5) is 4.17. The molecule has 0 aliphatic carbocycles. The van der Waals surface area contributed by atoms with Gasteiger partial charge in [0.1, 0.15) is 11.7 Å². The molecule has 2 heterocycles. The van der Waals surface area contributed by atoms with Crippen LogP contribution in [0, 0.1) is 0 Å². The fourth-order valence-corrected chi connectivity index (χ4v) is 1.81. The number of methoxy groups -OCH3 is 1. The predicted octanol–water partition coefficient (Wildman–Crippen LogP) is 0.775. The largest absolute Gasteiger partial charge is 0.384 e. The standard InChI is InChI=1S/C10H16N2O4/c1-7(13)8-11-9(12-16-8)10(14-2)3-5-15-6-4-10/h7,13H,3-6H2,1-2H3. The Labute approximate surface area is 93.6 Å². The zero-order valence-electron chi connectivity index (χ0n) is 9.47. The Kier molecular flexibility index (Phi) is 3.22. The highest BCUT2D eigenvalue weighted by Crippen LogP contribution is 2.33. The van der Waals surface area contributed by atoms with Crippen LogP contribution in [0.25, 0.3) is 0 Å². The first-order chi connectivity index (χ1) is 7.68. The summed E-state index contributed by atoms with van der Waals surface area (Å²) in [5, 5.41) is 13.2. The van der Waals surface area contributed by atoms with Gasteiger partial charge in [-0.25, -0.2) is 0 Å². The summed E-state index contributed by atoms with van der Waals surface area (Å²) in [6.45, 7) is 2.82. The molecule has 1 N–H and O–H groups in total.